The third-order valence-corrected chi connectivity index (χ3v) is 4.23. The molecule has 3 rings (SSSR count). The molecule has 9 nitrogen and oxygen atoms in total. The van der Waals surface area contributed by atoms with E-state index in [1.165, 1.54) is 18.2 Å². The molecule has 0 unspecified atom stereocenters. The minimum Gasteiger partial charge on any atom is -0.459 e. The Kier molecular flexibility index (Phi) is 6.04. The molecular formula is C17H12Cl2F2N4O5. The fourth-order valence-corrected chi connectivity index (χ4v) is 2.50. The van der Waals surface area contributed by atoms with Crippen LogP contribution >= 0.6 is 23.2 Å². The molecule has 0 aliphatic rings. The number of halogens is 4. The van der Waals surface area contributed by atoms with Gasteiger partial charge in [0.05, 0.1) is 16.7 Å². The quantitative estimate of drug-likeness (QED) is 0.543. The fraction of sp³-hybridized carbons (Fsp3) is 0.235. The first kappa shape index (κ1) is 21.7. The highest BCUT2D eigenvalue weighted by Gasteiger charge is 2.34. The maximum Gasteiger partial charge on any atom is 0.397 e. The second-order valence-corrected chi connectivity index (χ2v) is 6.62. The van der Waals surface area contributed by atoms with Crippen LogP contribution in [0.1, 0.15) is 30.2 Å². The fourth-order valence-electron chi connectivity index (χ4n) is 2.21. The van der Waals surface area contributed by atoms with Gasteiger partial charge >= 0.3 is 11.9 Å². The van der Waals surface area contributed by atoms with E-state index in [1.54, 1.807) is 6.92 Å². The Hall–Kier alpha value is -3.05. The third kappa shape index (κ3) is 4.57. The standard InChI is InChI=1S/C17H12Cl2F2N4O5/c1-3-28-16(27)15-24-13(25-30-15)12-22-11(17(2,20)21)10(14(26)23-12)29-7-4-5-8(18)9(19)6-7/h4-6H,3H2,1-2H3,(H,22,23,26). The Morgan fingerprint density at radius 3 is 2.63 bits per heavy atom. The van der Waals surface area contributed by atoms with E-state index in [9.17, 15) is 18.4 Å². The number of esters is 1. The van der Waals surface area contributed by atoms with E-state index in [0.717, 1.165) is 0 Å². The second-order valence-electron chi connectivity index (χ2n) is 5.80. The van der Waals surface area contributed by atoms with Gasteiger partial charge in [0.1, 0.15) is 5.75 Å². The summed E-state index contributed by atoms with van der Waals surface area (Å²) in [5.74, 6) is -6.67. The molecule has 1 N–H and O–H groups in total. The van der Waals surface area contributed by atoms with Crippen LogP contribution in [0.3, 0.4) is 0 Å². The van der Waals surface area contributed by atoms with Gasteiger partial charge in [0, 0.05) is 13.0 Å². The van der Waals surface area contributed by atoms with Crippen LogP contribution in [0.5, 0.6) is 11.5 Å². The lowest BCUT2D eigenvalue weighted by atomic mass is 10.2. The molecule has 30 heavy (non-hydrogen) atoms. The summed E-state index contributed by atoms with van der Waals surface area (Å²) < 4.78 is 43.1. The lowest BCUT2D eigenvalue weighted by Gasteiger charge is -2.15. The zero-order chi connectivity index (χ0) is 22.1. The van der Waals surface area contributed by atoms with Crippen LogP contribution in [0.15, 0.2) is 27.5 Å². The zero-order valence-electron chi connectivity index (χ0n) is 15.3. The largest absolute Gasteiger partial charge is 0.459 e. The smallest absolute Gasteiger partial charge is 0.397 e. The Labute approximate surface area is 176 Å². The number of aromatic nitrogens is 4. The minimum atomic E-state index is -3.58. The van der Waals surface area contributed by atoms with Gasteiger partial charge in [0.2, 0.25) is 11.6 Å². The highest BCUT2D eigenvalue weighted by molar-refractivity contribution is 6.42. The SMILES string of the molecule is CCOC(=O)c1nc(-c2nc(C(C)(F)F)c(Oc3ccc(Cl)c(Cl)c3)c(=O)[nH]2)no1. The molecule has 0 bridgehead atoms. The van der Waals surface area contributed by atoms with Crippen molar-refractivity contribution in [3.05, 3.63) is 50.2 Å². The van der Waals surface area contributed by atoms with Crippen LogP contribution in [-0.2, 0) is 10.7 Å². The number of ether oxygens (including phenoxy) is 2. The molecule has 0 spiro atoms. The molecular weight excluding hydrogens is 449 g/mol. The number of alkyl halides is 2. The number of benzene rings is 1. The number of hydrogen-bond acceptors (Lipinski definition) is 8. The summed E-state index contributed by atoms with van der Waals surface area (Å²) in [6, 6.07) is 3.96. The molecule has 0 fully saturated rings. The number of rotatable bonds is 6. The lowest BCUT2D eigenvalue weighted by Crippen LogP contribution is -2.21. The Morgan fingerprint density at radius 1 is 1.27 bits per heavy atom. The summed E-state index contributed by atoms with van der Waals surface area (Å²) in [5, 5.41) is 3.76. The zero-order valence-corrected chi connectivity index (χ0v) is 16.8. The summed E-state index contributed by atoms with van der Waals surface area (Å²) in [6.07, 6.45) is 0. The molecule has 0 aliphatic carbocycles. The first-order valence-corrected chi connectivity index (χ1v) is 9.02. The van der Waals surface area contributed by atoms with Gasteiger partial charge in [0.15, 0.2) is 11.5 Å². The van der Waals surface area contributed by atoms with Crippen molar-refractivity contribution in [2.45, 2.75) is 19.8 Å². The van der Waals surface area contributed by atoms with Gasteiger partial charge < -0.3 is 19.0 Å². The van der Waals surface area contributed by atoms with E-state index in [2.05, 4.69) is 20.1 Å². The normalized spacial score (nSPS) is 11.4. The average Bonchev–Trinajstić information content (AvgIpc) is 3.16. The van der Waals surface area contributed by atoms with E-state index < -0.39 is 46.4 Å². The molecule has 0 aliphatic heterocycles. The summed E-state index contributed by atoms with van der Waals surface area (Å²) in [7, 11) is 0. The molecule has 0 atom stereocenters. The van der Waals surface area contributed by atoms with Crippen molar-refractivity contribution in [2.75, 3.05) is 6.61 Å². The van der Waals surface area contributed by atoms with Crippen LogP contribution in [-0.4, -0.2) is 32.7 Å². The van der Waals surface area contributed by atoms with Gasteiger partial charge in [-0.3, -0.25) is 4.79 Å². The van der Waals surface area contributed by atoms with Crippen molar-refractivity contribution < 1.29 is 27.6 Å². The lowest BCUT2D eigenvalue weighted by molar-refractivity contribution is 0.0104. The first-order chi connectivity index (χ1) is 14.1. The van der Waals surface area contributed by atoms with Crippen LogP contribution in [0.2, 0.25) is 10.0 Å². The van der Waals surface area contributed by atoms with Gasteiger partial charge in [0.25, 0.3) is 11.5 Å². The van der Waals surface area contributed by atoms with Crippen LogP contribution in [0, 0.1) is 0 Å². The second kappa shape index (κ2) is 8.36. The van der Waals surface area contributed by atoms with Crippen molar-refractivity contribution in [1.82, 2.24) is 20.1 Å². The van der Waals surface area contributed by atoms with E-state index in [-0.39, 0.29) is 22.4 Å². The van der Waals surface area contributed by atoms with Crippen LogP contribution in [0.25, 0.3) is 11.6 Å². The van der Waals surface area contributed by atoms with Crippen molar-refractivity contribution in [3.63, 3.8) is 0 Å². The van der Waals surface area contributed by atoms with Crippen molar-refractivity contribution >= 4 is 29.2 Å². The van der Waals surface area contributed by atoms with Crippen LogP contribution in [0.4, 0.5) is 8.78 Å². The summed E-state index contributed by atoms with van der Waals surface area (Å²) in [5.41, 5.74) is -2.04. The van der Waals surface area contributed by atoms with Crippen molar-refractivity contribution in [1.29, 1.82) is 0 Å². The summed E-state index contributed by atoms with van der Waals surface area (Å²) in [6.45, 7) is 2.15. The number of carbonyl (C=O) groups excluding carboxylic acids is 1. The maximum atomic E-state index is 14.2. The highest BCUT2D eigenvalue weighted by atomic mass is 35.5. The van der Waals surface area contributed by atoms with E-state index >= 15 is 0 Å². The molecule has 13 heteroatoms. The number of nitrogens with zero attached hydrogens (tertiary/aromatic N) is 3. The summed E-state index contributed by atoms with van der Waals surface area (Å²) >= 11 is 11.7. The Morgan fingerprint density at radius 2 is 2.00 bits per heavy atom. The van der Waals surface area contributed by atoms with Gasteiger partial charge in [-0.05, 0) is 19.1 Å². The highest BCUT2D eigenvalue weighted by Crippen LogP contribution is 2.35. The molecule has 2 heterocycles. The van der Waals surface area contributed by atoms with Gasteiger partial charge in [-0.15, -0.1) is 0 Å². The molecule has 158 valence electrons. The van der Waals surface area contributed by atoms with Crippen molar-refractivity contribution in [2.24, 2.45) is 0 Å². The topological polar surface area (TPSA) is 120 Å². The molecule has 2 aromatic heterocycles. The number of H-pyrrole nitrogens is 1. The molecule has 3 aromatic rings. The third-order valence-electron chi connectivity index (χ3n) is 3.49. The molecule has 1 aromatic carbocycles. The molecule has 0 amide bonds. The Balaban J connectivity index is 2.05. The first-order valence-electron chi connectivity index (χ1n) is 8.27. The maximum absolute atomic E-state index is 14.2. The molecule has 0 saturated carbocycles. The van der Waals surface area contributed by atoms with Gasteiger partial charge in [-0.25, -0.2) is 9.78 Å². The Bertz CT molecular complexity index is 1160. The summed E-state index contributed by atoms with van der Waals surface area (Å²) in [4.78, 5) is 33.7. The van der Waals surface area contributed by atoms with E-state index in [0.29, 0.717) is 6.92 Å². The predicted octanol–water partition coefficient (Wildman–Crippen LogP) is 4.21. The van der Waals surface area contributed by atoms with Gasteiger partial charge in [-0.1, -0.05) is 28.4 Å². The van der Waals surface area contributed by atoms with E-state index in [1.807, 2.05) is 0 Å². The average molecular weight is 461 g/mol. The number of carbonyl (C=O) groups is 1. The predicted molar refractivity (Wildman–Crippen MR) is 100 cm³/mol. The number of nitrogens with one attached hydrogen (secondary N) is 1. The number of hydrogen-bond donors (Lipinski definition) is 1. The van der Waals surface area contributed by atoms with Crippen molar-refractivity contribution in [3.8, 4) is 23.1 Å². The van der Waals surface area contributed by atoms with Crippen LogP contribution < -0.4 is 10.3 Å². The van der Waals surface area contributed by atoms with Gasteiger partial charge in [-0.2, -0.15) is 13.8 Å². The van der Waals surface area contributed by atoms with E-state index in [4.69, 9.17) is 37.2 Å². The molecule has 0 saturated heterocycles. The molecule has 0 radical (unpaired) electrons. The monoisotopic (exact) mass is 460 g/mol. The minimum absolute atomic E-state index is 0.0147. The number of aromatic amines is 1.